The molecule has 78 valence electrons. The zero-order chi connectivity index (χ0) is 10.8. The minimum Gasteiger partial charge on any atom is -0.462 e. The fourth-order valence-electron chi connectivity index (χ4n) is 1.32. The van der Waals surface area contributed by atoms with Gasteiger partial charge in [0.2, 0.25) is 0 Å². The molecule has 0 atom stereocenters. The van der Waals surface area contributed by atoms with Gasteiger partial charge in [0.1, 0.15) is 0 Å². The van der Waals surface area contributed by atoms with Crippen LogP contribution < -0.4 is 0 Å². The van der Waals surface area contributed by atoms with Crippen LogP contribution >= 0.6 is 11.6 Å². The van der Waals surface area contributed by atoms with Gasteiger partial charge < -0.3 is 9.14 Å². The van der Waals surface area contributed by atoms with Crippen LogP contribution in [0.3, 0.4) is 0 Å². The van der Waals surface area contributed by atoms with E-state index in [1.807, 2.05) is 0 Å². The van der Waals surface area contributed by atoms with Gasteiger partial charge in [-0.2, -0.15) is 0 Å². The summed E-state index contributed by atoms with van der Waals surface area (Å²) in [4.78, 5) is 15.4. The molecule has 0 unspecified atom stereocenters. The van der Waals surface area contributed by atoms with E-state index in [-0.39, 0.29) is 5.97 Å². The number of halogens is 1. The summed E-state index contributed by atoms with van der Waals surface area (Å²) in [6.07, 6.45) is 4.87. The summed E-state index contributed by atoms with van der Waals surface area (Å²) >= 11 is 5.98. The van der Waals surface area contributed by atoms with E-state index in [0.29, 0.717) is 17.2 Å². The van der Waals surface area contributed by atoms with E-state index in [4.69, 9.17) is 16.3 Å². The second-order valence-electron chi connectivity index (χ2n) is 2.98. The lowest BCUT2D eigenvalue weighted by molar-refractivity contribution is 0.0526. The predicted octanol–water partition coefficient (Wildman–Crippen LogP) is 2.16. The fraction of sp³-hybridized carbons (Fsp3) is 0.200. The number of imidazole rings is 1. The molecule has 2 rings (SSSR count). The summed E-state index contributed by atoms with van der Waals surface area (Å²) < 4.78 is 6.57. The maximum Gasteiger partial charge on any atom is 0.339 e. The van der Waals surface area contributed by atoms with Gasteiger partial charge in [0.25, 0.3) is 0 Å². The van der Waals surface area contributed by atoms with Crippen molar-refractivity contribution in [3.63, 3.8) is 0 Å². The molecule has 0 aliphatic heterocycles. The second kappa shape index (κ2) is 3.90. The van der Waals surface area contributed by atoms with Crippen LogP contribution in [-0.2, 0) is 4.74 Å². The molecule has 4 nitrogen and oxygen atoms in total. The highest BCUT2D eigenvalue weighted by atomic mass is 35.5. The molecule has 0 saturated carbocycles. The van der Waals surface area contributed by atoms with Crippen molar-refractivity contribution in [2.45, 2.75) is 6.92 Å². The minimum atomic E-state index is -0.380. The lowest BCUT2D eigenvalue weighted by atomic mass is 10.3. The molecule has 0 aliphatic rings. The van der Waals surface area contributed by atoms with Gasteiger partial charge in [0.15, 0.2) is 0 Å². The first-order valence-electron chi connectivity index (χ1n) is 4.50. The first-order valence-corrected chi connectivity index (χ1v) is 4.88. The third-order valence-electron chi connectivity index (χ3n) is 1.98. The largest absolute Gasteiger partial charge is 0.462 e. The highest BCUT2D eigenvalue weighted by molar-refractivity contribution is 6.34. The van der Waals surface area contributed by atoms with Crippen LogP contribution in [0.4, 0.5) is 0 Å². The molecule has 0 fully saturated rings. The molecule has 2 heterocycles. The first kappa shape index (κ1) is 9.98. The monoisotopic (exact) mass is 224 g/mol. The molecule has 0 aromatic carbocycles. The van der Waals surface area contributed by atoms with E-state index in [0.717, 1.165) is 5.52 Å². The van der Waals surface area contributed by atoms with Gasteiger partial charge in [-0.15, -0.1) is 0 Å². The fourth-order valence-corrected chi connectivity index (χ4v) is 1.58. The van der Waals surface area contributed by atoms with Crippen LogP contribution in [0.5, 0.6) is 0 Å². The topological polar surface area (TPSA) is 43.6 Å². The molecular weight excluding hydrogens is 216 g/mol. The summed E-state index contributed by atoms with van der Waals surface area (Å²) in [7, 11) is 0. The number of pyridine rings is 1. The Morgan fingerprint density at radius 3 is 3.20 bits per heavy atom. The molecule has 0 radical (unpaired) electrons. The number of carbonyl (C=O) groups is 1. The molecule has 0 bridgehead atoms. The number of hydrogen-bond donors (Lipinski definition) is 0. The Bertz CT molecular complexity index is 507. The minimum absolute atomic E-state index is 0.346. The molecule has 5 heteroatoms. The van der Waals surface area contributed by atoms with Gasteiger partial charge in [-0.3, -0.25) is 0 Å². The summed E-state index contributed by atoms with van der Waals surface area (Å²) in [5.41, 5.74) is 1.19. The van der Waals surface area contributed by atoms with Crippen molar-refractivity contribution in [2.75, 3.05) is 6.61 Å². The average molecular weight is 225 g/mol. The van der Waals surface area contributed by atoms with Crippen molar-refractivity contribution in [1.29, 1.82) is 0 Å². The highest BCUT2D eigenvalue weighted by Gasteiger charge is 2.10. The Labute approximate surface area is 91.4 Å². The van der Waals surface area contributed by atoms with Crippen LogP contribution in [0.25, 0.3) is 5.52 Å². The number of nitrogens with zero attached hydrogens (tertiary/aromatic N) is 2. The number of carbonyl (C=O) groups excluding carboxylic acids is 1. The lowest BCUT2D eigenvalue weighted by Gasteiger charge is -2.03. The smallest absolute Gasteiger partial charge is 0.339 e. The predicted molar refractivity (Wildman–Crippen MR) is 56.2 cm³/mol. The van der Waals surface area contributed by atoms with Gasteiger partial charge in [0, 0.05) is 6.20 Å². The first-order chi connectivity index (χ1) is 7.22. The molecule has 2 aromatic rings. The molecule has 0 aliphatic carbocycles. The van der Waals surface area contributed by atoms with E-state index in [1.165, 1.54) is 0 Å². The normalized spacial score (nSPS) is 10.5. The van der Waals surface area contributed by atoms with Crippen molar-refractivity contribution >= 4 is 23.1 Å². The van der Waals surface area contributed by atoms with Crippen LogP contribution in [0.15, 0.2) is 24.8 Å². The number of ether oxygens (including phenoxy) is 1. The molecule has 15 heavy (non-hydrogen) atoms. The molecule has 0 amide bonds. The zero-order valence-corrected chi connectivity index (χ0v) is 8.86. The summed E-state index contributed by atoms with van der Waals surface area (Å²) in [6.45, 7) is 2.10. The van der Waals surface area contributed by atoms with Crippen molar-refractivity contribution in [2.24, 2.45) is 0 Å². The van der Waals surface area contributed by atoms with Crippen LogP contribution in [0.2, 0.25) is 5.02 Å². The van der Waals surface area contributed by atoms with Crippen LogP contribution in [0.1, 0.15) is 17.3 Å². The zero-order valence-electron chi connectivity index (χ0n) is 8.11. The Kier molecular flexibility index (Phi) is 2.60. The van der Waals surface area contributed by atoms with Crippen LogP contribution in [0, 0.1) is 0 Å². The SMILES string of the molecule is CCOC(=O)c1cc(Cl)c2cncn2c1. The molecule has 2 aromatic heterocycles. The second-order valence-corrected chi connectivity index (χ2v) is 3.39. The highest BCUT2D eigenvalue weighted by Crippen LogP contribution is 2.19. The summed E-state index contributed by atoms with van der Waals surface area (Å²) in [5, 5.41) is 0.484. The van der Waals surface area contributed by atoms with E-state index in [9.17, 15) is 4.79 Å². The van der Waals surface area contributed by atoms with Gasteiger partial charge >= 0.3 is 5.97 Å². The molecule has 0 N–H and O–H groups in total. The maximum atomic E-state index is 11.4. The number of hydrogen-bond acceptors (Lipinski definition) is 3. The third-order valence-corrected chi connectivity index (χ3v) is 2.29. The number of esters is 1. The van der Waals surface area contributed by atoms with Gasteiger partial charge in [-0.25, -0.2) is 9.78 Å². The van der Waals surface area contributed by atoms with E-state index in [1.54, 1.807) is 36.1 Å². The van der Waals surface area contributed by atoms with Crippen molar-refractivity contribution in [3.8, 4) is 0 Å². The van der Waals surface area contributed by atoms with E-state index >= 15 is 0 Å². The Morgan fingerprint density at radius 2 is 2.47 bits per heavy atom. The van der Waals surface area contributed by atoms with Crippen molar-refractivity contribution in [1.82, 2.24) is 9.38 Å². The molecular formula is C10H9ClN2O2. The van der Waals surface area contributed by atoms with Gasteiger partial charge in [-0.05, 0) is 13.0 Å². The maximum absolute atomic E-state index is 11.4. The average Bonchev–Trinajstić information content (AvgIpc) is 2.66. The Hall–Kier alpha value is -1.55. The van der Waals surface area contributed by atoms with Crippen LogP contribution in [-0.4, -0.2) is 22.0 Å². The summed E-state index contributed by atoms with van der Waals surface area (Å²) in [6, 6.07) is 1.58. The third kappa shape index (κ3) is 1.80. The standard InChI is InChI=1S/C10H9ClN2O2/c1-2-15-10(14)7-3-8(11)9-4-12-6-13(9)5-7/h3-6H,2H2,1H3. The number of fused-ring (bicyclic) bond motifs is 1. The number of rotatable bonds is 2. The molecule has 0 spiro atoms. The van der Waals surface area contributed by atoms with Gasteiger partial charge in [-0.1, -0.05) is 11.6 Å². The van der Waals surface area contributed by atoms with E-state index < -0.39 is 0 Å². The Balaban J connectivity index is 2.49. The van der Waals surface area contributed by atoms with Gasteiger partial charge in [0.05, 0.1) is 35.2 Å². The summed E-state index contributed by atoms with van der Waals surface area (Å²) in [5.74, 6) is -0.380. The van der Waals surface area contributed by atoms with Crippen molar-refractivity contribution in [3.05, 3.63) is 35.4 Å². The van der Waals surface area contributed by atoms with Crippen molar-refractivity contribution < 1.29 is 9.53 Å². The quantitative estimate of drug-likeness (QED) is 0.735. The lowest BCUT2D eigenvalue weighted by Crippen LogP contribution is -2.05. The van der Waals surface area contributed by atoms with E-state index in [2.05, 4.69) is 4.98 Å². The molecule has 0 saturated heterocycles. The number of aromatic nitrogens is 2. The Morgan fingerprint density at radius 1 is 1.67 bits per heavy atom.